The van der Waals surface area contributed by atoms with Crippen LogP contribution in [-0.2, 0) is 6.42 Å². The van der Waals surface area contributed by atoms with Gasteiger partial charge in [0.25, 0.3) is 0 Å². The maximum Gasteiger partial charge on any atom is 0.231 e. The quantitative estimate of drug-likeness (QED) is 0.203. The molecule has 1 atom stereocenters. The van der Waals surface area contributed by atoms with Crippen molar-refractivity contribution in [3.05, 3.63) is 102 Å². The molecule has 4 rings (SSSR count). The van der Waals surface area contributed by atoms with Crippen molar-refractivity contribution in [2.75, 3.05) is 22.6 Å². The van der Waals surface area contributed by atoms with Crippen molar-refractivity contribution in [3.8, 4) is 0 Å². The van der Waals surface area contributed by atoms with Gasteiger partial charge < -0.3 is 21.2 Å². The number of aliphatic hydroxyl groups is 1. The fraction of sp³-hybridized carbons (Fsp3) is 0.125. The zero-order chi connectivity index (χ0) is 22.2. The lowest BCUT2D eigenvalue weighted by atomic mass is 10.1. The highest BCUT2D eigenvalue weighted by Crippen LogP contribution is 2.27. The molecule has 0 aliphatic rings. The van der Waals surface area contributed by atoms with Crippen molar-refractivity contribution in [1.29, 1.82) is 0 Å². The van der Waals surface area contributed by atoms with Gasteiger partial charge in [-0.1, -0.05) is 48.5 Å². The number of hydrogen-bond donors (Lipinski definition) is 5. The van der Waals surface area contributed by atoms with Gasteiger partial charge in [0.1, 0.15) is 5.82 Å². The molecule has 0 fully saturated rings. The van der Waals surface area contributed by atoms with Gasteiger partial charge in [0.05, 0.1) is 6.10 Å². The van der Waals surface area contributed by atoms with Crippen LogP contribution in [0.5, 0.6) is 0 Å². The highest BCUT2D eigenvalue weighted by Gasteiger charge is 2.17. The Kier molecular flexibility index (Phi) is 6.86. The number of aromatic nitrogens is 3. The molecule has 4 aromatic rings. The summed E-state index contributed by atoms with van der Waals surface area (Å²) in [6.45, 7) is 0.262. The fourth-order valence-corrected chi connectivity index (χ4v) is 3.32. The zero-order valence-electron chi connectivity index (χ0n) is 17.4. The summed E-state index contributed by atoms with van der Waals surface area (Å²) >= 11 is 0. The van der Waals surface area contributed by atoms with E-state index in [1.807, 2.05) is 60.7 Å². The molecule has 2 aromatic carbocycles. The van der Waals surface area contributed by atoms with Crippen LogP contribution < -0.4 is 21.9 Å². The lowest BCUT2D eigenvalue weighted by molar-refractivity contribution is 0.191. The first-order valence-electron chi connectivity index (χ1n) is 10.3. The molecule has 2 aromatic heterocycles. The van der Waals surface area contributed by atoms with E-state index in [0.717, 1.165) is 22.4 Å². The van der Waals surface area contributed by atoms with Crippen molar-refractivity contribution in [1.82, 2.24) is 15.0 Å². The van der Waals surface area contributed by atoms with Crippen LogP contribution in [0.1, 0.15) is 22.8 Å². The second kappa shape index (κ2) is 10.3. The molecule has 0 spiro atoms. The molecular weight excluding hydrogens is 402 g/mol. The van der Waals surface area contributed by atoms with Crippen LogP contribution in [0.15, 0.2) is 85.2 Å². The lowest BCUT2D eigenvalue weighted by Crippen LogP contribution is -2.19. The molecule has 0 aliphatic heterocycles. The molecular formula is C24H25N7O. The molecule has 32 heavy (non-hydrogen) atoms. The lowest BCUT2D eigenvalue weighted by Gasteiger charge is -2.18. The van der Waals surface area contributed by atoms with Crippen molar-refractivity contribution in [3.63, 3.8) is 0 Å². The molecule has 1 unspecified atom stereocenters. The summed E-state index contributed by atoms with van der Waals surface area (Å²) in [6, 6.07) is 23.2. The summed E-state index contributed by atoms with van der Waals surface area (Å²) in [5.41, 5.74) is 6.22. The number of benzene rings is 2. The van der Waals surface area contributed by atoms with Crippen LogP contribution in [-0.4, -0.2) is 26.6 Å². The van der Waals surface area contributed by atoms with Crippen molar-refractivity contribution in [2.24, 2.45) is 5.84 Å². The molecule has 6 N–H and O–H groups in total. The number of nitrogens with two attached hydrogens (primary N) is 1. The molecule has 0 saturated heterocycles. The Morgan fingerprint density at radius 3 is 2.19 bits per heavy atom. The standard InChI is InChI=1S/C24H25N7O/c25-31-23-20(15-17-7-3-1-4-8-17)22(27-16-21(32)18-11-13-26-14-12-18)29-24(30-23)28-19-9-5-2-6-10-19/h1-14,21,32H,15-16,25H2,(H3,27,28,29,30,31). The van der Waals surface area contributed by atoms with Crippen molar-refractivity contribution in [2.45, 2.75) is 12.5 Å². The van der Waals surface area contributed by atoms with Gasteiger partial charge in [0.15, 0.2) is 5.82 Å². The smallest absolute Gasteiger partial charge is 0.231 e. The second-order valence-corrected chi connectivity index (χ2v) is 7.20. The summed E-state index contributed by atoms with van der Waals surface area (Å²) in [7, 11) is 0. The van der Waals surface area contributed by atoms with Gasteiger partial charge >= 0.3 is 0 Å². The number of para-hydroxylation sites is 1. The van der Waals surface area contributed by atoms with E-state index in [9.17, 15) is 5.11 Å². The molecule has 0 aliphatic carbocycles. The van der Waals surface area contributed by atoms with Crippen LogP contribution in [0.3, 0.4) is 0 Å². The number of nitrogens with zero attached hydrogens (tertiary/aromatic N) is 3. The number of hydrazine groups is 1. The van der Waals surface area contributed by atoms with Gasteiger partial charge in [-0.05, 0) is 35.4 Å². The van der Waals surface area contributed by atoms with Crippen LogP contribution in [0.25, 0.3) is 0 Å². The molecule has 0 amide bonds. The summed E-state index contributed by atoms with van der Waals surface area (Å²) in [5.74, 6) is 7.31. The average Bonchev–Trinajstić information content (AvgIpc) is 2.85. The summed E-state index contributed by atoms with van der Waals surface area (Å²) < 4.78 is 0. The van der Waals surface area contributed by atoms with E-state index in [1.165, 1.54) is 0 Å². The third-order valence-corrected chi connectivity index (χ3v) is 4.95. The Hall–Kier alpha value is -4.01. The number of anilines is 4. The van der Waals surface area contributed by atoms with Crippen LogP contribution in [0.4, 0.5) is 23.3 Å². The SMILES string of the molecule is NNc1nc(Nc2ccccc2)nc(NCC(O)c2ccncc2)c1Cc1ccccc1. The second-order valence-electron chi connectivity index (χ2n) is 7.20. The number of hydrogen-bond acceptors (Lipinski definition) is 8. The predicted octanol–water partition coefficient (Wildman–Crippen LogP) is 3.64. The van der Waals surface area contributed by atoms with E-state index in [1.54, 1.807) is 24.5 Å². The van der Waals surface area contributed by atoms with Crippen molar-refractivity contribution >= 4 is 23.3 Å². The summed E-state index contributed by atoms with van der Waals surface area (Å²) in [5, 5.41) is 17.1. The number of nitrogen functional groups attached to an aromatic ring is 1. The summed E-state index contributed by atoms with van der Waals surface area (Å²) in [4.78, 5) is 13.2. The third-order valence-electron chi connectivity index (χ3n) is 4.95. The Morgan fingerprint density at radius 1 is 0.844 bits per heavy atom. The van der Waals surface area contributed by atoms with Gasteiger partial charge in [0, 0.05) is 36.6 Å². The molecule has 2 heterocycles. The van der Waals surface area contributed by atoms with Gasteiger partial charge in [-0.3, -0.25) is 4.98 Å². The molecule has 8 heteroatoms. The van der Waals surface area contributed by atoms with E-state index in [2.05, 4.69) is 31.0 Å². The molecule has 162 valence electrons. The minimum atomic E-state index is -0.725. The first-order valence-corrected chi connectivity index (χ1v) is 10.3. The molecule has 0 radical (unpaired) electrons. The van der Waals surface area contributed by atoms with E-state index in [0.29, 0.717) is 24.0 Å². The Labute approximate surface area is 186 Å². The maximum atomic E-state index is 10.6. The van der Waals surface area contributed by atoms with E-state index >= 15 is 0 Å². The fourth-order valence-electron chi connectivity index (χ4n) is 3.32. The molecule has 0 saturated carbocycles. The number of aliphatic hydroxyl groups excluding tert-OH is 1. The highest BCUT2D eigenvalue weighted by molar-refractivity contribution is 5.64. The van der Waals surface area contributed by atoms with Gasteiger partial charge in [-0.15, -0.1) is 0 Å². The number of rotatable bonds is 9. The Morgan fingerprint density at radius 2 is 1.50 bits per heavy atom. The molecule has 8 nitrogen and oxygen atoms in total. The van der Waals surface area contributed by atoms with E-state index in [-0.39, 0.29) is 6.54 Å². The molecule has 0 bridgehead atoms. The highest BCUT2D eigenvalue weighted by atomic mass is 16.3. The van der Waals surface area contributed by atoms with Crippen LogP contribution >= 0.6 is 0 Å². The largest absolute Gasteiger partial charge is 0.387 e. The van der Waals surface area contributed by atoms with Crippen LogP contribution in [0, 0.1) is 0 Å². The average molecular weight is 428 g/mol. The Bertz CT molecular complexity index is 1130. The monoisotopic (exact) mass is 427 g/mol. The third kappa shape index (κ3) is 5.37. The number of pyridine rings is 1. The van der Waals surface area contributed by atoms with Gasteiger partial charge in [0.2, 0.25) is 5.95 Å². The predicted molar refractivity (Wildman–Crippen MR) is 127 cm³/mol. The first kappa shape index (κ1) is 21.2. The number of nitrogens with one attached hydrogen (secondary N) is 3. The van der Waals surface area contributed by atoms with Gasteiger partial charge in [-0.2, -0.15) is 9.97 Å². The summed E-state index contributed by atoms with van der Waals surface area (Å²) in [6.07, 6.45) is 3.15. The normalized spacial score (nSPS) is 11.6. The first-order chi connectivity index (χ1) is 15.7. The van der Waals surface area contributed by atoms with Crippen LogP contribution in [0.2, 0.25) is 0 Å². The topological polar surface area (TPSA) is 121 Å². The Balaban J connectivity index is 1.65. The minimum absolute atomic E-state index is 0.262. The maximum absolute atomic E-state index is 10.6. The zero-order valence-corrected chi connectivity index (χ0v) is 17.4. The van der Waals surface area contributed by atoms with Gasteiger partial charge in [-0.25, -0.2) is 5.84 Å². The minimum Gasteiger partial charge on any atom is -0.387 e. The van der Waals surface area contributed by atoms with E-state index < -0.39 is 6.10 Å². The van der Waals surface area contributed by atoms with E-state index in [4.69, 9.17) is 5.84 Å². The van der Waals surface area contributed by atoms with Crippen molar-refractivity contribution < 1.29 is 5.11 Å².